The van der Waals surface area contributed by atoms with Gasteiger partial charge in [-0.15, -0.1) is 11.3 Å². The van der Waals surface area contributed by atoms with E-state index in [4.69, 9.17) is 4.74 Å². The molecule has 0 aliphatic carbocycles. The molecule has 0 aromatic carbocycles. The van der Waals surface area contributed by atoms with Crippen molar-refractivity contribution in [2.24, 2.45) is 5.92 Å². The molecule has 90 valence electrons. The highest BCUT2D eigenvalue weighted by Gasteiger charge is 2.24. The van der Waals surface area contributed by atoms with Gasteiger partial charge >= 0.3 is 0 Å². The fourth-order valence-electron chi connectivity index (χ4n) is 2.06. The van der Waals surface area contributed by atoms with Crippen molar-refractivity contribution in [2.75, 3.05) is 13.2 Å². The van der Waals surface area contributed by atoms with E-state index in [0.717, 1.165) is 23.9 Å². The first-order valence-corrected chi connectivity index (χ1v) is 6.82. The van der Waals surface area contributed by atoms with Crippen LogP contribution in [0.3, 0.4) is 0 Å². The van der Waals surface area contributed by atoms with Gasteiger partial charge in [0.05, 0.1) is 16.8 Å². The van der Waals surface area contributed by atoms with E-state index in [2.05, 4.69) is 29.5 Å². The molecule has 0 saturated carbocycles. The van der Waals surface area contributed by atoms with E-state index in [1.807, 2.05) is 6.92 Å². The highest BCUT2D eigenvalue weighted by atomic mass is 32.1. The second-order valence-electron chi connectivity index (χ2n) is 4.55. The van der Waals surface area contributed by atoms with E-state index in [9.17, 15) is 0 Å². The SMILES string of the molecule is Cc1nc(C(C)NCC2CCOC2C)cs1. The summed E-state index contributed by atoms with van der Waals surface area (Å²) in [6, 6.07) is 0.345. The topological polar surface area (TPSA) is 34.2 Å². The molecule has 1 aliphatic rings. The monoisotopic (exact) mass is 240 g/mol. The van der Waals surface area contributed by atoms with Crippen LogP contribution < -0.4 is 5.32 Å². The van der Waals surface area contributed by atoms with E-state index >= 15 is 0 Å². The van der Waals surface area contributed by atoms with Crippen LogP contribution in [0, 0.1) is 12.8 Å². The van der Waals surface area contributed by atoms with Gasteiger partial charge in [-0.25, -0.2) is 4.98 Å². The number of hydrogen-bond donors (Lipinski definition) is 1. The summed E-state index contributed by atoms with van der Waals surface area (Å²) < 4.78 is 5.55. The average Bonchev–Trinajstić information content (AvgIpc) is 2.84. The Morgan fingerprint density at radius 3 is 3.06 bits per heavy atom. The van der Waals surface area contributed by atoms with Gasteiger partial charge in [0.1, 0.15) is 0 Å². The number of aromatic nitrogens is 1. The smallest absolute Gasteiger partial charge is 0.0898 e. The molecule has 2 heterocycles. The Kier molecular flexibility index (Phi) is 3.95. The number of aryl methyl sites for hydroxylation is 1. The number of nitrogens with zero attached hydrogens (tertiary/aromatic N) is 1. The minimum atomic E-state index is 0.345. The molecule has 3 unspecified atom stereocenters. The first-order valence-electron chi connectivity index (χ1n) is 5.94. The second-order valence-corrected chi connectivity index (χ2v) is 5.61. The van der Waals surface area contributed by atoms with Gasteiger partial charge in [0.15, 0.2) is 0 Å². The summed E-state index contributed by atoms with van der Waals surface area (Å²) in [5.41, 5.74) is 1.16. The molecule has 16 heavy (non-hydrogen) atoms. The molecule has 3 nitrogen and oxygen atoms in total. The van der Waals surface area contributed by atoms with Gasteiger partial charge in [-0.2, -0.15) is 0 Å². The van der Waals surface area contributed by atoms with Gasteiger partial charge in [-0.1, -0.05) is 0 Å². The van der Waals surface area contributed by atoms with Crippen molar-refractivity contribution in [3.8, 4) is 0 Å². The van der Waals surface area contributed by atoms with Crippen molar-refractivity contribution >= 4 is 11.3 Å². The zero-order valence-corrected chi connectivity index (χ0v) is 11.0. The molecule has 1 saturated heterocycles. The molecule has 0 spiro atoms. The summed E-state index contributed by atoms with van der Waals surface area (Å²) >= 11 is 1.72. The number of rotatable bonds is 4. The van der Waals surface area contributed by atoms with Gasteiger partial charge in [0.25, 0.3) is 0 Å². The summed E-state index contributed by atoms with van der Waals surface area (Å²) in [4.78, 5) is 4.50. The Morgan fingerprint density at radius 1 is 1.69 bits per heavy atom. The van der Waals surface area contributed by atoms with Crippen LogP contribution in [-0.4, -0.2) is 24.2 Å². The van der Waals surface area contributed by atoms with E-state index < -0.39 is 0 Å². The maximum atomic E-state index is 5.55. The van der Waals surface area contributed by atoms with Gasteiger partial charge in [0.2, 0.25) is 0 Å². The minimum absolute atomic E-state index is 0.345. The summed E-state index contributed by atoms with van der Waals surface area (Å²) in [6.07, 6.45) is 1.58. The van der Waals surface area contributed by atoms with Crippen LogP contribution in [0.2, 0.25) is 0 Å². The minimum Gasteiger partial charge on any atom is -0.378 e. The normalized spacial score (nSPS) is 27.2. The van der Waals surface area contributed by atoms with E-state index in [-0.39, 0.29) is 0 Å². The lowest BCUT2D eigenvalue weighted by molar-refractivity contribution is 0.105. The second kappa shape index (κ2) is 5.25. The molecular formula is C12H20N2OS. The number of nitrogens with one attached hydrogen (secondary N) is 1. The zero-order valence-electron chi connectivity index (χ0n) is 10.2. The largest absolute Gasteiger partial charge is 0.378 e. The number of ether oxygens (including phenoxy) is 1. The Labute approximate surface area is 101 Å². The fraction of sp³-hybridized carbons (Fsp3) is 0.750. The van der Waals surface area contributed by atoms with Crippen LogP contribution in [0.25, 0.3) is 0 Å². The van der Waals surface area contributed by atoms with E-state index in [1.54, 1.807) is 11.3 Å². The Hall–Kier alpha value is -0.450. The Morgan fingerprint density at radius 2 is 2.50 bits per heavy atom. The van der Waals surface area contributed by atoms with Crippen LogP contribution in [0.1, 0.15) is 37.0 Å². The third-order valence-corrected chi connectivity index (χ3v) is 4.09. The van der Waals surface area contributed by atoms with Gasteiger partial charge in [-0.05, 0) is 33.1 Å². The van der Waals surface area contributed by atoms with Crippen LogP contribution >= 0.6 is 11.3 Å². The van der Waals surface area contributed by atoms with Crippen molar-refractivity contribution < 1.29 is 4.74 Å². The summed E-state index contributed by atoms with van der Waals surface area (Å²) in [7, 11) is 0. The summed E-state index contributed by atoms with van der Waals surface area (Å²) in [5, 5.41) is 6.83. The lowest BCUT2D eigenvalue weighted by atomic mass is 10.0. The van der Waals surface area contributed by atoms with Crippen molar-refractivity contribution in [3.63, 3.8) is 0 Å². The van der Waals surface area contributed by atoms with Crippen LogP contribution in [0.4, 0.5) is 0 Å². The molecule has 1 N–H and O–H groups in total. The van der Waals surface area contributed by atoms with Crippen LogP contribution in [-0.2, 0) is 4.74 Å². The molecule has 0 radical (unpaired) electrons. The molecule has 4 heteroatoms. The molecule has 1 aliphatic heterocycles. The highest BCUT2D eigenvalue weighted by molar-refractivity contribution is 7.09. The van der Waals surface area contributed by atoms with Crippen LogP contribution in [0.5, 0.6) is 0 Å². The molecule has 2 rings (SSSR count). The third-order valence-electron chi connectivity index (χ3n) is 3.30. The molecule has 0 bridgehead atoms. The van der Waals surface area contributed by atoms with Crippen molar-refractivity contribution in [1.82, 2.24) is 10.3 Å². The quantitative estimate of drug-likeness (QED) is 0.878. The van der Waals surface area contributed by atoms with Crippen LogP contribution in [0.15, 0.2) is 5.38 Å². The maximum Gasteiger partial charge on any atom is 0.0898 e. The van der Waals surface area contributed by atoms with Gasteiger partial charge < -0.3 is 10.1 Å². The Balaban J connectivity index is 1.81. The summed E-state index contributed by atoms with van der Waals surface area (Å²) in [6.45, 7) is 8.33. The van der Waals surface area contributed by atoms with Crippen molar-refractivity contribution in [2.45, 2.75) is 39.3 Å². The zero-order chi connectivity index (χ0) is 11.5. The predicted molar refractivity (Wildman–Crippen MR) is 66.8 cm³/mol. The van der Waals surface area contributed by atoms with Crippen molar-refractivity contribution in [1.29, 1.82) is 0 Å². The standard InChI is InChI=1S/C12H20N2OS/c1-8(12-7-16-10(3)14-12)13-6-11-4-5-15-9(11)2/h7-9,11,13H,4-6H2,1-3H3. The average molecular weight is 240 g/mol. The van der Waals surface area contributed by atoms with E-state index in [1.165, 1.54) is 6.42 Å². The molecule has 1 aromatic rings. The maximum absolute atomic E-state index is 5.55. The van der Waals surface area contributed by atoms with Crippen molar-refractivity contribution in [3.05, 3.63) is 16.1 Å². The lowest BCUT2D eigenvalue weighted by Gasteiger charge is -2.18. The molecular weight excluding hydrogens is 220 g/mol. The highest BCUT2D eigenvalue weighted by Crippen LogP contribution is 2.21. The Bertz CT molecular complexity index is 340. The third kappa shape index (κ3) is 2.81. The number of hydrogen-bond acceptors (Lipinski definition) is 4. The van der Waals surface area contributed by atoms with Gasteiger partial charge in [-0.3, -0.25) is 0 Å². The number of thiazole rings is 1. The lowest BCUT2D eigenvalue weighted by Crippen LogP contribution is -2.29. The first kappa shape index (κ1) is 12.0. The molecule has 0 amide bonds. The first-order chi connectivity index (χ1) is 7.66. The molecule has 1 fully saturated rings. The predicted octanol–water partition coefficient (Wildman–Crippen LogP) is 2.53. The van der Waals surface area contributed by atoms with Gasteiger partial charge in [0, 0.05) is 24.6 Å². The molecule has 1 aromatic heterocycles. The summed E-state index contributed by atoms with van der Waals surface area (Å²) in [5.74, 6) is 0.655. The molecule has 3 atom stereocenters. The fourth-order valence-corrected chi connectivity index (χ4v) is 2.76. The van der Waals surface area contributed by atoms with E-state index in [0.29, 0.717) is 18.1 Å².